The minimum atomic E-state index is -3.33. The molecule has 0 spiro atoms. The molecule has 0 fully saturated rings. The normalized spacial score (nSPS) is 14.5. The molecule has 0 rings (SSSR count). The van der Waals surface area contributed by atoms with Crippen LogP contribution in [0.3, 0.4) is 0 Å². The first-order valence-corrected chi connectivity index (χ1v) is 6.65. The van der Waals surface area contributed by atoms with E-state index in [9.17, 15) is 12.6 Å². The molecule has 0 bridgehead atoms. The number of unbranched alkanes of at least 4 members (excludes halogenated alkanes) is 2. The molecule has 7 heteroatoms. The average Bonchev–Trinajstić information content (AvgIpc) is 1.83. The lowest BCUT2D eigenvalue weighted by Gasteiger charge is -1.97. The minimum absolute atomic E-state index is 0.00972. The van der Waals surface area contributed by atoms with Crippen LogP contribution in [0.2, 0.25) is 0 Å². The van der Waals surface area contributed by atoms with Gasteiger partial charge in [0.05, 0.1) is 16.7 Å². The van der Waals surface area contributed by atoms with Gasteiger partial charge in [-0.05, 0) is 12.8 Å². The lowest BCUT2D eigenvalue weighted by Crippen LogP contribution is -2.16. The number of nitrogens with two attached hydrogens (primary N) is 2. The predicted octanol–water partition coefficient (Wildman–Crippen LogP) is -0.932. The van der Waals surface area contributed by atoms with E-state index < -0.39 is 21.0 Å². The van der Waals surface area contributed by atoms with E-state index in [-0.39, 0.29) is 5.75 Å². The number of hydrogen-bond acceptors (Lipinski definition) is 3. The van der Waals surface area contributed by atoms with E-state index in [1.165, 1.54) is 0 Å². The van der Waals surface area contributed by atoms with Gasteiger partial charge in [0.2, 0.25) is 10.0 Å². The van der Waals surface area contributed by atoms with E-state index in [1.54, 1.807) is 0 Å². The van der Waals surface area contributed by atoms with Gasteiger partial charge in [-0.15, -0.1) is 0 Å². The first-order valence-electron chi connectivity index (χ1n) is 3.55. The quantitative estimate of drug-likeness (QED) is 0.558. The van der Waals surface area contributed by atoms with Crippen LogP contribution in [0, 0.1) is 0 Å². The van der Waals surface area contributed by atoms with Crippen molar-refractivity contribution in [2.45, 2.75) is 19.3 Å². The predicted molar refractivity (Wildman–Crippen MR) is 49.0 cm³/mol. The van der Waals surface area contributed by atoms with Gasteiger partial charge in [-0.2, -0.15) is 0 Å². The maximum absolute atomic E-state index is 10.4. The highest BCUT2D eigenvalue weighted by Crippen LogP contribution is 1.97. The zero-order valence-corrected chi connectivity index (χ0v) is 8.36. The fourth-order valence-electron chi connectivity index (χ4n) is 0.724. The maximum Gasteiger partial charge on any atom is 0.209 e. The monoisotopic (exact) mass is 214 g/mol. The molecule has 0 aromatic heterocycles. The van der Waals surface area contributed by atoms with Crippen LogP contribution in [-0.2, 0) is 21.0 Å². The van der Waals surface area contributed by atoms with Gasteiger partial charge in [0.25, 0.3) is 0 Å². The average molecular weight is 214 g/mol. The summed E-state index contributed by atoms with van der Waals surface area (Å²) in [5, 5.41) is 9.75. The van der Waals surface area contributed by atoms with Gasteiger partial charge in [0, 0.05) is 5.75 Å². The Bertz CT molecular complexity index is 237. The summed E-state index contributed by atoms with van der Waals surface area (Å²) in [6.45, 7) is 0. The van der Waals surface area contributed by atoms with Gasteiger partial charge >= 0.3 is 0 Å². The highest BCUT2D eigenvalue weighted by molar-refractivity contribution is 7.89. The van der Waals surface area contributed by atoms with E-state index in [0.717, 1.165) is 0 Å². The van der Waals surface area contributed by atoms with Gasteiger partial charge in [-0.3, -0.25) is 5.14 Å². The Kier molecular flexibility index (Phi) is 5.64. The summed E-state index contributed by atoms with van der Waals surface area (Å²) < 4.78 is 31.2. The summed E-state index contributed by atoms with van der Waals surface area (Å²) in [6.07, 6.45) is 1.88. The summed E-state index contributed by atoms with van der Waals surface area (Å²) in [4.78, 5) is 0. The molecule has 0 aliphatic rings. The van der Waals surface area contributed by atoms with Crippen LogP contribution in [-0.4, -0.2) is 24.1 Å². The molecule has 12 heavy (non-hydrogen) atoms. The van der Waals surface area contributed by atoms with E-state index in [1.807, 2.05) is 0 Å². The standard InChI is InChI=1S/C5H14N2O3S2/c6-11(8)4-2-1-3-5-12(7,9)10/h1-6H2,(H2,7,9,10). The Morgan fingerprint density at radius 3 is 2.17 bits per heavy atom. The van der Waals surface area contributed by atoms with Crippen LogP contribution in [0.15, 0.2) is 0 Å². The highest BCUT2D eigenvalue weighted by atomic mass is 32.2. The van der Waals surface area contributed by atoms with Crippen molar-refractivity contribution in [3.8, 4) is 0 Å². The Balaban J connectivity index is 3.29. The van der Waals surface area contributed by atoms with Crippen LogP contribution in [0.25, 0.3) is 0 Å². The molecule has 0 aromatic carbocycles. The second kappa shape index (κ2) is 5.63. The van der Waals surface area contributed by atoms with E-state index in [4.69, 9.17) is 10.3 Å². The zero-order chi connectivity index (χ0) is 9.61. The van der Waals surface area contributed by atoms with E-state index in [0.29, 0.717) is 25.0 Å². The summed E-state index contributed by atoms with van der Waals surface area (Å²) in [7, 11) is -4.60. The van der Waals surface area contributed by atoms with Crippen molar-refractivity contribution < 1.29 is 12.6 Å². The van der Waals surface area contributed by atoms with Crippen LogP contribution in [0.5, 0.6) is 0 Å². The van der Waals surface area contributed by atoms with Crippen molar-refractivity contribution in [3.05, 3.63) is 0 Å². The third-order valence-corrected chi connectivity index (χ3v) is 2.82. The molecule has 0 aliphatic heterocycles. The third kappa shape index (κ3) is 10.0. The molecule has 0 amide bonds. The van der Waals surface area contributed by atoms with Gasteiger partial charge in [0.1, 0.15) is 0 Å². The second-order valence-electron chi connectivity index (χ2n) is 2.51. The molecule has 74 valence electrons. The molecule has 0 aromatic rings. The van der Waals surface area contributed by atoms with Crippen molar-refractivity contribution in [3.63, 3.8) is 0 Å². The topological polar surface area (TPSA) is 103 Å². The minimum Gasteiger partial charge on any atom is -0.252 e. The molecular formula is C5H14N2O3S2. The summed E-state index contributed by atoms with van der Waals surface area (Å²) in [6, 6.07) is 0. The smallest absolute Gasteiger partial charge is 0.209 e. The summed E-state index contributed by atoms with van der Waals surface area (Å²) in [5.74, 6) is 0.412. The first-order chi connectivity index (χ1) is 5.42. The Morgan fingerprint density at radius 2 is 1.75 bits per heavy atom. The van der Waals surface area contributed by atoms with Crippen molar-refractivity contribution >= 4 is 21.0 Å². The number of rotatable bonds is 6. The number of primary sulfonamides is 1. The highest BCUT2D eigenvalue weighted by Gasteiger charge is 2.01. The summed E-state index contributed by atoms with van der Waals surface area (Å²) in [5.41, 5.74) is 0. The molecule has 0 saturated heterocycles. The van der Waals surface area contributed by atoms with E-state index in [2.05, 4.69) is 0 Å². The van der Waals surface area contributed by atoms with Crippen molar-refractivity contribution in [2.75, 3.05) is 11.5 Å². The molecule has 0 radical (unpaired) electrons. The van der Waals surface area contributed by atoms with Gasteiger partial charge in [0.15, 0.2) is 0 Å². The molecule has 0 heterocycles. The molecule has 0 aliphatic carbocycles. The van der Waals surface area contributed by atoms with Crippen molar-refractivity contribution in [2.24, 2.45) is 10.3 Å². The molecule has 4 N–H and O–H groups in total. The molecule has 1 unspecified atom stereocenters. The SMILES string of the molecule is NS(=O)CCCCCS(N)(=O)=O. The van der Waals surface area contributed by atoms with E-state index >= 15 is 0 Å². The number of hydrogen-bond donors (Lipinski definition) is 2. The Morgan fingerprint density at radius 1 is 1.17 bits per heavy atom. The molecule has 5 nitrogen and oxygen atoms in total. The number of sulfonamides is 1. The lowest BCUT2D eigenvalue weighted by molar-refractivity contribution is 0.592. The first kappa shape index (κ1) is 12.0. The van der Waals surface area contributed by atoms with Crippen LogP contribution >= 0.6 is 0 Å². The largest absolute Gasteiger partial charge is 0.252 e. The van der Waals surface area contributed by atoms with Gasteiger partial charge < -0.3 is 0 Å². The van der Waals surface area contributed by atoms with Gasteiger partial charge in [-0.1, -0.05) is 6.42 Å². The van der Waals surface area contributed by atoms with Crippen LogP contribution in [0.1, 0.15) is 19.3 Å². The zero-order valence-electron chi connectivity index (χ0n) is 6.73. The van der Waals surface area contributed by atoms with Crippen LogP contribution in [0.4, 0.5) is 0 Å². The third-order valence-electron chi connectivity index (χ3n) is 1.27. The molecule has 1 atom stereocenters. The maximum atomic E-state index is 10.4. The van der Waals surface area contributed by atoms with Crippen LogP contribution < -0.4 is 10.3 Å². The second-order valence-corrected chi connectivity index (χ2v) is 5.42. The van der Waals surface area contributed by atoms with Crippen molar-refractivity contribution in [1.29, 1.82) is 0 Å². The van der Waals surface area contributed by atoms with Crippen molar-refractivity contribution in [1.82, 2.24) is 0 Å². The fourth-order valence-corrected chi connectivity index (χ4v) is 1.82. The fraction of sp³-hybridized carbons (Fsp3) is 1.00. The molecular weight excluding hydrogens is 200 g/mol. The Labute approximate surface area is 75.1 Å². The Hall–Kier alpha value is 0.0200. The summed E-state index contributed by atoms with van der Waals surface area (Å²) >= 11 is 0. The van der Waals surface area contributed by atoms with Gasteiger partial charge in [-0.25, -0.2) is 17.8 Å². The molecule has 0 saturated carbocycles. The lowest BCUT2D eigenvalue weighted by atomic mass is 10.3.